The van der Waals surface area contributed by atoms with Gasteiger partial charge >= 0.3 is 5.51 Å². The van der Waals surface area contributed by atoms with Crippen molar-refractivity contribution >= 4 is 21.4 Å². The van der Waals surface area contributed by atoms with E-state index >= 15 is 4.39 Å². The van der Waals surface area contributed by atoms with Crippen LogP contribution < -0.4 is 4.74 Å². The maximum absolute atomic E-state index is 15.2. The number of fused-ring (bicyclic) bond motifs is 3. The molecule has 0 saturated heterocycles. The first-order chi connectivity index (χ1) is 15.4. The van der Waals surface area contributed by atoms with Crippen LogP contribution in [-0.2, 0) is 21.7 Å². The van der Waals surface area contributed by atoms with E-state index in [1.165, 1.54) is 0 Å². The summed E-state index contributed by atoms with van der Waals surface area (Å²) >= 11 is 5.98. The van der Waals surface area contributed by atoms with Crippen molar-refractivity contribution in [3.8, 4) is 5.75 Å². The van der Waals surface area contributed by atoms with Crippen molar-refractivity contribution in [2.24, 2.45) is 11.8 Å². The van der Waals surface area contributed by atoms with Crippen molar-refractivity contribution in [2.75, 3.05) is 12.4 Å². The molecule has 1 fully saturated rings. The molecule has 180 valence electrons. The monoisotopic (exact) mass is 508 g/mol. The van der Waals surface area contributed by atoms with E-state index in [0.29, 0.717) is 30.7 Å². The average Bonchev–Trinajstić information content (AvgIpc) is 2.75. The van der Waals surface area contributed by atoms with Crippen LogP contribution in [0, 0.1) is 23.5 Å². The fraction of sp³-hybridized carbons (Fsp3) is 0.478. The van der Waals surface area contributed by atoms with Crippen molar-refractivity contribution in [1.82, 2.24) is 0 Å². The van der Waals surface area contributed by atoms with Gasteiger partial charge in [-0.15, -0.1) is 0 Å². The summed E-state index contributed by atoms with van der Waals surface area (Å²) in [6.45, 7) is -0.0301. The molecule has 2 aromatic rings. The number of sulfone groups is 1. The van der Waals surface area contributed by atoms with Crippen molar-refractivity contribution in [3.63, 3.8) is 0 Å². The normalized spacial score (nSPS) is 25.2. The summed E-state index contributed by atoms with van der Waals surface area (Å²) in [6, 6.07) is 8.93. The quantitative estimate of drug-likeness (QED) is 0.450. The molecule has 1 heterocycles. The van der Waals surface area contributed by atoms with Gasteiger partial charge in [-0.1, -0.05) is 30.2 Å². The summed E-state index contributed by atoms with van der Waals surface area (Å²) in [5, 5.41) is 0.510. The van der Waals surface area contributed by atoms with Gasteiger partial charge in [0, 0.05) is 21.9 Å². The fourth-order valence-electron chi connectivity index (χ4n) is 5.48. The number of benzene rings is 2. The Balaban J connectivity index is 1.76. The SMILES string of the molecule is O=S(=O)(CC[C@@H]1CCC[C@@]2(Cc3ccc(Cl)cc3)c3c(F)ccc(F)c3OC[C@@H]12)C(F)(F)F. The van der Waals surface area contributed by atoms with Gasteiger partial charge < -0.3 is 4.74 Å². The summed E-state index contributed by atoms with van der Waals surface area (Å²) in [5.41, 5.74) is -5.38. The highest BCUT2D eigenvalue weighted by atomic mass is 35.5. The lowest BCUT2D eigenvalue weighted by Crippen LogP contribution is -2.51. The van der Waals surface area contributed by atoms with Gasteiger partial charge in [-0.3, -0.25) is 0 Å². The van der Waals surface area contributed by atoms with Crippen LogP contribution in [0.3, 0.4) is 0 Å². The Morgan fingerprint density at radius 1 is 1.06 bits per heavy atom. The number of ether oxygens (including phenoxy) is 1. The highest BCUT2D eigenvalue weighted by molar-refractivity contribution is 7.92. The minimum Gasteiger partial charge on any atom is -0.490 e. The highest BCUT2D eigenvalue weighted by Crippen LogP contribution is 2.56. The predicted octanol–water partition coefficient (Wildman–Crippen LogP) is 6.23. The summed E-state index contributed by atoms with van der Waals surface area (Å²) in [7, 11) is -5.28. The molecule has 1 aliphatic heterocycles. The molecular formula is C23H22ClF5O3S. The third-order valence-corrected chi connectivity index (χ3v) is 8.71. The second kappa shape index (κ2) is 8.73. The minimum atomic E-state index is -5.33. The molecule has 10 heteroatoms. The standard InChI is InChI=1S/C23H22ClF5O3S/c24-16-5-3-14(4-6-16)12-22-10-1-2-15(9-11-33(30,31)23(27,28)29)17(22)13-32-21-19(26)8-7-18(25)20(21)22/h3-8,15,17H,1-2,9-13H2/t15-,17-,22-/m0/s1. The lowest BCUT2D eigenvalue weighted by atomic mass is 9.55. The van der Waals surface area contributed by atoms with Gasteiger partial charge in [0.15, 0.2) is 11.6 Å². The van der Waals surface area contributed by atoms with Gasteiger partial charge in [0.1, 0.15) is 5.82 Å². The van der Waals surface area contributed by atoms with Crippen LogP contribution in [0.25, 0.3) is 0 Å². The molecule has 1 saturated carbocycles. The molecule has 4 rings (SSSR count). The summed E-state index contributed by atoms with van der Waals surface area (Å²) < 4.78 is 97.4. The summed E-state index contributed by atoms with van der Waals surface area (Å²) in [4.78, 5) is 0. The third-order valence-electron chi connectivity index (χ3n) is 6.98. The number of hydrogen-bond acceptors (Lipinski definition) is 3. The molecule has 3 nitrogen and oxygen atoms in total. The Hall–Kier alpha value is -1.87. The topological polar surface area (TPSA) is 43.4 Å². The maximum Gasteiger partial charge on any atom is 0.497 e. The molecule has 0 unspecified atom stereocenters. The molecule has 0 N–H and O–H groups in total. The summed E-state index contributed by atoms with van der Waals surface area (Å²) in [6.07, 6.45) is 1.56. The molecule has 2 aliphatic rings. The smallest absolute Gasteiger partial charge is 0.490 e. The number of halogens is 6. The zero-order valence-electron chi connectivity index (χ0n) is 17.5. The van der Waals surface area contributed by atoms with E-state index < -0.39 is 50.0 Å². The molecule has 33 heavy (non-hydrogen) atoms. The third kappa shape index (κ3) is 4.46. The molecule has 3 atom stereocenters. The van der Waals surface area contributed by atoms with E-state index in [4.69, 9.17) is 16.3 Å². The first kappa shape index (κ1) is 24.3. The second-order valence-corrected chi connectivity index (χ2v) is 11.4. The Morgan fingerprint density at radius 3 is 2.39 bits per heavy atom. The van der Waals surface area contributed by atoms with Gasteiger partial charge in [0.25, 0.3) is 0 Å². The minimum absolute atomic E-state index is 0.0301. The lowest BCUT2D eigenvalue weighted by Gasteiger charge is -2.52. The molecular weight excluding hydrogens is 487 g/mol. The van der Waals surface area contributed by atoms with Crippen molar-refractivity contribution in [2.45, 2.75) is 43.0 Å². The highest BCUT2D eigenvalue weighted by Gasteiger charge is 2.53. The average molecular weight is 509 g/mol. The number of rotatable bonds is 5. The lowest BCUT2D eigenvalue weighted by molar-refractivity contribution is -0.0438. The van der Waals surface area contributed by atoms with E-state index in [0.717, 1.165) is 17.7 Å². The van der Waals surface area contributed by atoms with Crippen LogP contribution in [-0.4, -0.2) is 26.3 Å². The number of hydrogen-bond donors (Lipinski definition) is 0. The van der Waals surface area contributed by atoms with Crippen LogP contribution >= 0.6 is 11.6 Å². The van der Waals surface area contributed by atoms with Crippen molar-refractivity contribution in [1.29, 1.82) is 0 Å². The Bertz CT molecular complexity index is 1130. The van der Waals surface area contributed by atoms with Crippen molar-refractivity contribution < 1.29 is 35.1 Å². The second-order valence-electron chi connectivity index (χ2n) is 8.82. The van der Waals surface area contributed by atoms with Gasteiger partial charge in [-0.2, -0.15) is 13.2 Å². The largest absolute Gasteiger partial charge is 0.497 e. The van der Waals surface area contributed by atoms with E-state index in [-0.39, 0.29) is 24.3 Å². The Morgan fingerprint density at radius 2 is 1.73 bits per heavy atom. The first-order valence-corrected chi connectivity index (χ1v) is 12.6. The predicted molar refractivity (Wildman–Crippen MR) is 114 cm³/mol. The fourth-order valence-corrected chi connectivity index (χ4v) is 6.45. The van der Waals surface area contributed by atoms with Crippen LogP contribution in [0.4, 0.5) is 22.0 Å². The molecule has 0 spiro atoms. The van der Waals surface area contributed by atoms with E-state index in [9.17, 15) is 26.0 Å². The number of alkyl halides is 3. The van der Waals surface area contributed by atoms with E-state index in [1.54, 1.807) is 24.3 Å². The van der Waals surface area contributed by atoms with E-state index in [1.807, 2.05) is 0 Å². The van der Waals surface area contributed by atoms with E-state index in [2.05, 4.69) is 0 Å². The van der Waals surface area contributed by atoms with Crippen LogP contribution in [0.2, 0.25) is 5.02 Å². The van der Waals surface area contributed by atoms with Gasteiger partial charge in [0.05, 0.1) is 12.4 Å². The van der Waals surface area contributed by atoms with Gasteiger partial charge in [0.2, 0.25) is 9.84 Å². The Labute approximate surface area is 193 Å². The molecule has 0 bridgehead atoms. The molecule has 0 radical (unpaired) electrons. The zero-order valence-corrected chi connectivity index (χ0v) is 19.0. The molecule has 0 amide bonds. The maximum atomic E-state index is 15.2. The zero-order chi connectivity index (χ0) is 24.0. The van der Waals surface area contributed by atoms with Crippen LogP contribution in [0.1, 0.15) is 36.8 Å². The molecule has 2 aromatic carbocycles. The van der Waals surface area contributed by atoms with Crippen LogP contribution in [0.5, 0.6) is 5.75 Å². The molecule has 1 aliphatic carbocycles. The van der Waals surface area contributed by atoms with Crippen LogP contribution in [0.15, 0.2) is 36.4 Å². The summed E-state index contributed by atoms with van der Waals surface area (Å²) in [5.74, 6) is -3.51. The van der Waals surface area contributed by atoms with Gasteiger partial charge in [-0.25, -0.2) is 17.2 Å². The van der Waals surface area contributed by atoms with Gasteiger partial charge in [-0.05, 0) is 61.4 Å². The molecule has 0 aromatic heterocycles. The van der Waals surface area contributed by atoms with Crippen molar-refractivity contribution in [3.05, 3.63) is 64.2 Å². The first-order valence-electron chi connectivity index (χ1n) is 10.6. The Kier molecular flexibility index (Phi) is 6.41.